The minimum absolute atomic E-state index is 0.0449. The minimum atomic E-state index is -3.94. The number of hydrogen-bond acceptors (Lipinski definition) is 7. The lowest BCUT2D eigenvalue weighted by molar-refractivity contribution is -0.384. The van der Waals surface area contributed by atoms with Crippen LogP contribution in [0.2, 0.25) is 5.02 Å². The van der Waals surface area contributed by atoms with Crippen LogP contribution >= 0.6 is 11.6 Å². The molecule has 1 amide bonds. The molecule has 2 aromatic carbocycles. The second-order valence-corrected chi connectivity index (χ2v) is 7.91. The van der Waals surface area contributed by atoms with E-state index in [-0.39, 0.29) is 21.3 Å². The molecule has 0 aliphatic rings. The van der Waals surface area contributed by atoms with Crippen LogP contribution in [0.5, 0.6) is 0 Å². The van der Waals surface area contributed by atoms with E-state index in [9.17, 15) is 28.1 Å². The largest absolute Gasteiger partial charge is 0.449 e. The number of anilines is 1. The number of nitrogens with two attached hydrogens (primary N) is 1. The van der Waals surface area contributed by atoms with Gasteiger partial charge in [0, 0.05) is 17.8 Å². The predicted octanol–water partition coefficient (Wildman–Crippen LogP) is 2.48. The Labute approximate surface area is 176 Å². The lowest BCUT2D eigenvalue weighted by atomic mass is 10.2. The summed E-state index contributed by atoms with van der Waals surface area (Å²) in [5, 5.41) is 18.3. The maximum Gasteiger partial charge on any atom is 0.331 e. The van der Waals surface area contributed by atoms with Gasteiger partial charge in [0.05, 0.1) is 9.82 Å². The van der Waals surface area contributed by atoms with Crippen LogP contribution in [0.1, 0.15) is 12.5 Å². The Morgan fingerprint density at radius 2 is 1.97 bits per heavy atom. The van der Waals surface area contributed by atoms with Crippen LogP contribution in [0.15, 0.2) is 53.4 Å². The summed E-state index contributed by atoms with van der Waals surface area (Å²) in [5.74, 6) is -1.57. The van der Waals surface area contributed by atoms with Gasteiger partial charge in [0.2, 0.25) is 10.0 Å². The molecular formula is C18H16ClN3O7S. The van der Waals surface area contributed by atoms with Gasteiger partial charge in [0.1, 0.15) is 5.02 Å². The maximum absolute atomic E-state index is 12.2. The van der Waals surface area contributed by atoms with E-state index in [4.69, 9.17) is 21.5 Å². The third kappa shape index (κ3) is 6.37. The van der Waals surface area contributed by atoms with E-state index in [0.717, 1.165) is 12.1 Å². The van der Waals surface area contributed by atoms with Gasteiger partial charge in [0.15, 0.2) is 6.10 Å². The summed E-state index contributed by atoms with van der Waals surface area (Å²) in [6, 6.07) is 9.22. The highest BCUT2D eigenvalue weighted by atomic mass is 35.5. The second-order valence-electron chi connectivity index (χ2n) is 5.94. The van der Waals surface area contributed by atoms with Crippen LogP contribution < -0.4 is 10.5 Å². The molecule has 2 aromatic rings. The van der Waals surface area contributed by atoms with Crippen molar-refractivity contribution in [3.8, 4) is 0 Å². The summed E-state index contributed by atoms with van der Waals surface area (Å²) >= 11 is 5.72. The number of benzene rings is 2. The van der Waals surface area contributed by atoms with Gasteiger partial charge in [0.25, 0.3) is 11.6 Å². The molecule has 30 heavy (non-hydrogen) atoms. The molecule has 0 aliphatic carbocycles. The van der Waals surface area contributed by atoms with E-state index in [1.54, 1.807) is 0 Å². The average molecular weight is 454 g/mol. The second kappa shape index (κ2) is 9.48. The number of rotatable bonds is 7. The molecule has 0 fully saturated rings. The van der Waals surface area contributed by atoms with Gasteiger partial charge in [-0.15, -0.1) is 0 Å². The van der Waals surface area contributed by atoms with Crippen molar-refractivity contribution in [1.82, 2.24) is 0 Å². The number of nitrogens with zero attached hydrogens (tertiary/aromatic N) is 1. The van der Waals surface area contributed by atoms with Gasteiger partial charge in [-0.3, -0.25) is 14.9 Å². The zero-order valence-corrected chi connectivity index (χ0v) is 17.0. The van der Waals surface area contributed by atoms with Gasteiger partial charge in [-0.2, -0.15) is 0 Å². The number of amides is 1. The van der Waals surface area contributed by atoms with Crippen molar-refractivity contribution >= 4 is 51.0 Å². The van der Waals surface area contributed by atoms with Crippen LogP contribution in [-0.4, -0.2) is 31.3 Å². The van der Waals surface area contributed by atoms with E-state index in [0.29, 0.717) is 5.56 Å². The highest BCUT2D eigenvalue weighted by Gasteiger charge is 2.18. The van der Waals surface area contributed by atoms with Crippen molar-refractivity contribution in [2.45, 2.75) is 17.9 Å². The Morgan fingerprint density at radius 3 is 2.60 bits per heavy atom. The van der Waals surface area contributed by atoms with Gasteiger partial charge in [-0.05, 0) is 42.8 Å². The number of carbonyl (C=O) groups is 2. The highest BCUT2D eigenvalue weighted by molar-refractivity contribution is 7.89. The molecule has 158 valence electrons. The molecule has 10 nitrogen and oxygen atoms in total. The number of esters is 1. The van der Waals surface area contributed by atoms with E-state index in [2.05, 4.69) is 5.32 Å². The van der Waals surface area contributed by atoms with E-state index in [1.807, 2.05) is 0 Å². The van der Waals surface area contributed by atoms with Gasteiger partial charge < -0.3 is 10.1 Å². The van der Waals surface area contributed by atoms with Gasteiger partial charge >= 0.3 is 5.97 Å². The first-order valence-corrected chi connectivity index (χ1v) is 10.2. The fourth-order valence-electron chi connectivity index (χ4n) is 2.20. The Balaban J connectivity index is 2.00. The molecular weight excluding hydrogens is 438 g/mol. The van der Waals surface area contributed by atoms with Crippen LogP contribution in [0.25, 0.3) is 6.08 Å². The summed E-state index contributed by atoms with van der Waals surface area (Å²) in [4.78, 5) is 34.1. The van der Waals surface area contributed by atoms with E-state index in [1.165, 1.54) is 49.4 Å². The van der Waals surface area contributed by atoms with Crippen LogP contribution in [-0.2, 0) is 24.3 Å². The van der Waals surface area contributed by atoms with Crippen LogP contribution in [0.4, 0.5) is 11.4 Å². The minimum Gasteiger partial charge on any atom is -0.449 e. The number of primary sulfonamides is 1. The van der Waals surface area contributed by atoms with Crippen molar-refractivity contribution in [3.63, 3.8) is 0 Å². The molecule has 0 aromatic heterocycles. The quantitative estimate of drug-likeness (QED) is 0.282. The SMILES string of the molecule is CC(OC(=O)/C=C/c1ccc(Cl)c([N+](=O)[O-])c1)C(=O)Nc1cccc(S(N)(=O)=O)c1. The molecule has 0 aliphatic heterocycles. The fraction of sp³-hybridized carbons (Fsp3) is 0.111. The topological polar surface area (TPSA) is 159 Å². The van der Waals surface area contributed by atoms with Crippen molar-refractivity contribution in [1.29, 1.82) is 0 Å². The molecule has 1 atom stereocenters. The zero-order valence-electron chi connectivity index (χ0n) is 15.4. The molecule has 0 heterocycles. The van der Waals surface area contributed by atoms with Gasteiger partial charge in [-0.25, -0.2) is 18.4 Å². The first-order chi connectivity index (χ1) is 14.0. The Bertz CT molecular complexity index is 1130. The number of nitro groups is 1. The predicted molar refractivity (Wildman–Crippen MR) is 109 cm³/mol. The first kappa shape index (κ1) is 23.0. The van der Waals surface area contributed by atoms with E-state index >= 15 is 0 Å². The van der Waals surface area contributed by atoms with Crippen LogP contribution in [0, 0.1) is 10.1 Å². The van der Waals surface area contributed by atoms with Crippen molar-refractivity contribution in [2.75, 3.05) is 5.32 Å². The van der Waals surface area contributed by atoms with Crippen molar-refractivity contribution < 1.29 is 27.7 Å². The molecule has 0 saturated carbocycles. The zero-order chi connectivity index (χ0) is 22.5. The third-order valence-corrected chi connectivity index (χ3v) is 4.90. The molecule has 1 unspecified atom stereocenters. The Hall–Kier alpha value is -3.28. The number of carbonyl (C=O) groups excluding carboxylic acids is 2. The average Bonchev–Trinajstić information content (AvgIpc) is 2.66. The third-order valence-electron chi connectivity index (χ3n) is 3.67. The first-order valence-electron chi connectivity index (χ1n) is 8.24. The number of nitrogens with one attached hydrogen (secondary N) is 1. The number of ether oxygens (including phenoxy) is 1. The van der Waals surface area contributed by atoms with Crippen molar-refractivity contribution in [2.24, 2.45) is 5.14 Å². The molecule has 0 spiro atoms. The molecule has 0 bridgehead atoms. The maximum atomic E-state index is 12.2. The summed E-state index contributed by atoms with van der Waals surface area (Å²) in [5.41, 5.74) is 0.167. The number of nitro benzene ring substituents is 1. The lowest BCUT2D eigenvalue weighted by Gasteiger charge is -2.12. The monoisotopic (exact) mass is 453 g/mol. The molecule has 12 heteroatoms. The summed E-state index contributed by atoms with van der Waals surface area (Å²) in [6.45, 7) is 1.32. The number of halogens is 1. The van der Waals surface area contributed by atoms with E-state index < -0.39 is 32.9 Å². The molecule has 3 N–H and O–H groups in total. The standard InChI is InChI=1S/C18H16ClN3O7S/c1-11(18(24)21-13-3-2-4-14(10-13)30(20,27)28)29-17(23)8-6-12-5-7-15(19)16(9-12)22(25)26/h2-11H,1H3,(H,21,24)(H2,20,27,28)/b8-6+. The smallest absolute Gasteiger partial charge is 0.331 e. The Kier molecular flexibility index (Phi) is 7.27. The molecule has 2 rings (SSSR count). The lowest BCUT2D eigenvalue weighted by Crippen LogP contribution is -2.29. The van der Waals surface area contributed by atoms with Gasteiger partial charge in [-0.1, -0.05) is 23.7 Å². The fourth-order valence-corrected chi connectivity index (χ4v) is 2.95. The number of sulfonamides is 1. The summed E-state index contributed by atoms with van der Waals surface area (Å²) in [6.07, 6.45) is 1.06. The van der Waals surface area contributed by atoms with Crippen LogP contribution in [0.3, 0.4) is 0 Å². The normalized spacial score (nSPS) is 12.4. The molecule has 0 radical (unpaired) electrons. The highest BCUT2D eigenvalue weighted by Crippen LogP contribution is 2.25. The number of hydrogen-bond donors (Lipinski definition) is 2. The summed E-state index contributed by atoms with van der Waals surface area (Å²) in [7, 11) is -3.94. The molecule has 0 saturated heterocycles. The Morgan fingerprint density at radius 1 is 1.27 bits per heavy atom. The summed E-state index contributed by atoms with van der Waals surface area (Å²) < 4.78 is 27.7. The van der Waals surface area contributed by atoms with Crippen molar-refractivity contribution in [3.05, 3.63) is 69.2 Å².